The number of hydrogen-bond donors (Lipinski definition) is 2. The summed E-state index contributed by atoms with van der Waals surface area (Å²) < 4.78 is 18.2. The van der Waals surface area contributed by atoms with Crippen molar-refractivity contribution in [1.29, 1.82) is 0 Å². The van der Waals surface area contributed by atoms with E-state index in [2.05, 4.69) is 10.6 Å². The molecular weight excluding hydrogens is 330 g/mol. The van der Waals surface area contributed by atoms with Crippen molar-refractivity contribution in [2.45, 2.75) is 0 Å². The van der Waals surface area contributed by atoms with Crippen LogP contribution in [-0.4, -0.2) is 19.2 Å². The van der Waals surface area contributed by atoms with Crippen LogP contribution in [0.15, 0.2) is 42.5 Å². The van der Waals surface area contributed by atoms with Gasteiger partial charge in [0.1, 0.15) is 18.2 Å². The van der Waals surface area contributed by atoms with Crippen LogP contribution in [0, 0.1) is 5.82 Å². The smallest absolute Gasteiger partial charge is 0.319 e. The first kappa shape index (κ1) is 16.4. The molecule has 0 radical (unpaired) electrons. The second kappa shape index (κ2) is 7.87. The van der Waals surface area contributed by atoms with E-state index in [-0.39, 0.29) is 24.0 Å². The van der Waals surface area contributed by atoms with Crippen LogP contribution >= 0.6 is 23.2 Å². The summed E-state index contributed by atoms with van der Waals surface area (Å²) in [5.74, 6) is 0.0268. The molecule has 0 atom stereocenters. The van der Waals surface area contributed by atoms with Gasteiger partial charge in [0.25, 0.3) is 0 Å². The average molecular weight is 343 g/mol. The Labute approximate surface area is 137 Å². The van der Waals surface area contributed by atoms with Crippen molar-refractivity contribution in [3.63, 3.8) is 0 Å². The summed E-state index contributed by atoms with van der Waals surface area (Å²) >= 11 is 11.8. The lowest BCUT2D eigenvalue weighted by Crippen LogP contribution is -2.32. The molecule has 116 valence electrons. The Morgan fingerprint density at radius 2 is 1.95 bits per heavy atom. The first-order valence-electron chi connectivity index (χ1n) is 6.43. The number of ether oxygens (including phenoxy) is 1. The molecule has 2 rings (SSSR count). The van der Waals surface area contributed by atoms with Crippen molar-refractivity contribution in [2.24, 2.45) is 0 Å². The number of carbonyl (C=O) groups excluding carboxylic acids is 1. The Balaban J connectivity index is 1.75. The summed E-state index contributed by atoms with van der Waals surface area (Å²) in [5.41, 5.74) is 0.415. The highest BCUT2D eigenvalue weighted by Crippen LogP contribution is 2.29. The van der Waals surface area contributed by atoms with Crippen LogP contribution in [0.2, 0.25) is 10.0 Å². The fourth-order valence-electron chi connectivity index (χ4n) is 1.66. The Kier molecular flexibility index (Phi) is 5.86. The van der Waals surface area contributed by atoms with Crippen molar-refractivity contribution in [3.05, 3.63) is 58.3 Å². The van der Waals surface area contributed by atoms with Crippen LogP contribution < -0.4 is 15.4 Å². The van der Waals surface area contributed by atoms with Gasteiger partial charge in [-0.2, -0.15) is 0 Å². The molecule has 0 aliphatic rings. The van der Waals surface area contributed by atoms with E-state index in [0.29, 0.717) is 16.5 Å². The lowest BCUT2D eigenvalue weighted by Gasteiger charge is -2.10. The normalized spacial score (nSPS) is 10.1. The standard InChI is InChI=1S/C15H13Cl2FN2O2/c16-12-5-2-6-13(14(12)17)20-15(21)19-7-8-22-11-4-1-3-10(18)9-11/h1-6,9H,7-8H2,(H2,19,20,21). The second-order valence-corrected chi connectivity index (χ2v) is 5.07. The highest BCUT2D eigenvalue weighted by molar-refractivity contribution is 6.43. The Morgan fingerprint density at radius 3 is 2.73 bits per heavy atom. The summed E-state index contributed by atoms with van der Waals surface area (Å²) in [4.78, 5) is 11.7. The fourth-order valence-corrected chi connectivity index (χ4v) is 2.00. The summed E-state index contributed by atoms with van der Waals surface area (Å²) in [7, 11) is 0. The van der Waals surface area contributed by atoms with Gasteiger partial charge in [-0.15, -0.1) is 0 Å². The van der Waals surface area contributed by atoms with Crippen molar-refractivity contribution in [2.75, 3.05) is 18.5 Å². The van der Waals surface area contributed by atoms with Crippen LogP contribution in [0.3, 0.4) is 0 Å². The van der Waals surface area contributed by atoms with Gasteiger partial charge in [0.15, 0.2) is 0 Å². The van der Waals surface area contributed by atoms with E-state index < -0.39 is 6.03 Å². The van der Waals surface area contributed by atoms with Gasteiger partial charge < -0.3 is 15.4 Å². The van der Waals surface area contributed by atoms with Crippen molar-refractivity contribution in [1.82, 2.24) is 5.32 Å². The predicted molar refractivity (Wildman–Crippen MR) is 85.4 cm³/mol. The van der Waals surface area contributed by atoms with E-state index in [1.54, 1.807) is 30.3 Å². The molecule has 0 bridgehead atoms. The Morgan fingerprint density at radius 1 is 1.18 bits per heavy atom. The van der Waals surface area contributed by atoms with Gasteiger partial charge in [0, 0.05) is 6.07 Å². The second-order valence-electron chi connectivity index (χ2n) is 4.29. The van der Waals surface area contributed by atoms with E-state index in [4.69, 9.17) is 27.9 Å². The zero-order valence-electron chi connectivity index (χ0n) is 11.4. The topological polar surface area (TPSA) is 50.4 Å². The molecule has 0 fully saturated rings. The monoisotopic (exact) mass is 342 g/mol. The lowest BCUT2D eigenvalue weighted by atomic mass is 10.3. The lowest BCUT2D eigenvalue weighted by molar-refractivity contribution is 0.247. The molecule has 22 heavy (non-hydrogen) atoms. The third-order valence-corrected chi connectivity index (χ3v) is 3.47. The number of nitrogens with one attached hydrogen (secondary N) is 2. The number of hydrogen-bond acceptors (Lipinski definition) is 2. The number of halogens is 3. The predicted octanol–water partition coefficient (Wildman–Crippen LogP) is 4.33. The number of benzene rings is 2. The molecule has 4 nitrogen and oxygen atoms in total. The maximum atomic E-state index is 12.9. The summed E-state index contributed by atoms with van der Waals surface area (Å²) in [6, 6.07) is 10.3. The third-order valence-electron chi connectivity index (χ3n) is 2.65. The van der Waals surface area contributed by atoms with Gasteiger partial charge >= 0.3 is 6.03 Å². The highest BCUT2D eigenvalue weighted by atomic mass is 35.5. The minimum atomic E-state index is -0.438. The van der Waals surface area contributed by atoms with Crippen LogP contribution in [0.1, 0.15) is 0 Å². The van der Waals surface area contributed by atoms with Gasteiger partial charge in [0.2, 0.25) is 0 Å². The molecule has 0 unspecified atom stereocenters. The molecule has 2 aromatic rings. The van der Waals surface area contributed by atoms with Crippen LogP contribution in [0.5, 0.6) is 5.75 Å². The number of amides is 2. The fraction of sp³-hybridized carbons (Fsp3) is 0.133. The number of anilines is 1. The quantitative estimate of drug-likeness (QED) is 0.794. The first-order chi connectivity index (χ1) is 10.6. The van der Waals surface area contributed by atoms with Crippen molar-refractivity contribution >= 4 is 34.9 Å². The summed E-state index contributed by atoms with van der Waals surface area (Å²) in [6.45, 7) is 0.459. The minimum Gasteiger partial charge on any atom is -0.492 e. The van der Waals surface area contributed by atoms with Gasteiger partial charge in [0.05, 0.1) is 22.3 Å². The zero-order valence-corrected chi connectivity index (χ0v) is 12.9. The summed E-state index contributed by atoms with van der Waals surface area (Å²) in [6.07, 6.45) is 0. The van der Waals surface area contributed by atoms with Gasteiger partial charge in [-0.3, -0.25) is 0 Å². The number of carbonyl (C=O) groups is 1. The highest BCUT2D eigenvalue weighted by Gasteiger charge is 2.07. The van der Waals surface area contributed by atoms with Crippen LogP contribution in [0.25, 0.3) is 0 Å². The zero-order chi connectivity index (χ0) is 15.9. The third kappa shape index (κ3) is 4.79. The van der Waals surface area contributed by atoms with E-state index >= 15 is 0 Å². The molecule has 2 N–H and O–H groups in total. The minimum absolute atomic E-state index is 0.208. The van der Waals surface area contributed by atoms with E-state index in [0.717, 1.165) is 0 Å². The van der Waals surface area contributed by atoms with E-state index in [9.17, 15) is 9.18 Å². The largest absolute Gasteiger partial charge is 0.492 e. The maximum Gasteiger partial charge on any atom is 0.319 e. The molecule has 0 aliphatic carbocycles. The van der Waals surface area contributed by atoms with Crippen molar-refractivity contribution < 1.29 is 13.9 Å². The van der Waals surface area contributed by atoms with E-state index in [1.165, 1.54) is 12.1 Å². The van der Waals surface area contributed by atoms with Crippen LogP contribution in [-0.2, 0) is 0 Å². The van der Waals surface area contributed by atoms with Crippen molar-refractivity contribution in [3.8, 4) is 5.75 Å². The molecule has 0 aromatic heterocycles. The Bertz CT molecular complexity index is 668. The number of urea groups is 1. The van der Waals surface area contributed by atoms with Gasteiger partial charge in [-0.25, -0.2) is 9.18 Å². The molecule has 0 saturated carbocycles. The molecule has 0 spiro atoms. The van der Waals surface area contributed by atoms with E-state index in [1.807, 2.05) is 0 Å². The van der Waals surface area contributed by atoms with Gasteiger partial charge in [-0.05, 0) is 24.3 Å². The molecule has 7 heteroatoms. The Hall–Kier alpha value is -1.98. The molecular formula is C15H13Cl2FN2O2. The molecule has 0 aliphatic heterocycles. The SMILES string of the molecule is O=C(NCCOc1cccc(F)c1)Nc1cccc(Cl)c1Cl. The van der Waals surface area contributed by atoms with Crippen LogP contribution in [0.4, 0.5) is 14.9 Å². The van der Waals surface area contributed by atoms with Gasteiger partial charge in [-0.1, -0.05) is 35.3 Å². The first-order valence-corrected chi connectivity index (χ1v) is 7.19. The average Bonchev–Trinajstić information content (AvgIpc) is 2.49. The molecule has 2 aromatic carbocycles. The maximum absolute atomic E-state index is 12.9. The molecule has 0 saturated heterocycles. The molecule has 2 amide bonds. The molecule has 0 heterocycles. The number of rotatable bonds is 5. The summed E-state index contributed by atoms with van der Waals surface area (Å²) in [5, 5.41) is 5.80.